The number of H-pyrrole nitrogens is 1. The van der Waals surface area contributed by atoms with Crippen LogP contribution in [0.5, 0.6) is 0 Å². The number of hydrogen-bond donors (Lipinski definition) is 1. The van der Waals surface area contributed by atoms with Gasteiger partial charge < -0.3 is 4.90 Å². The predicted octanol–water partition coefficient (Wildman–Crippen LogP) is 1.31. The van der Waals surface area contributed by atoms with E-state index in [1.807, 2.05) is 16.7 Å². The Morgan fingerprint density at radius 3 is 2.52 bits per heavy atom. The fraction of sp³-hybridized carbons (Fsp3) is 0.476. The summed E-state index contributed by atoms with van der Waals surface area (Å²) in [6.45, 7) is 9.54. The average molecular weight is 396 g/mol. The number of benzene rings is 1. The molecule has 0 unspecified atom stereocenters. The Kier molecular flexibility index (Phi) is 5.27. The maximum atomic E-state index is 12.7. The van der Waals surface area contributed by atoms with Crippen LogP contribution in [-0.2, 0) is 13.6 Å². The van der Waals surface area contributed by atoms with E-state index in [0.29, 0.717) is 17.7 Å². The fourth-order valence-electron chi connectivity index (χ4n) is 4.06. The lowest BCUT2D eigenvalue weighted by Crippen LogP contribution is -2.47. The lowest BCUT2D eigenvalue weighted by atomic mass is 10.1. The Balaban J connectivity index is 1.82. The van der Waals surface area contributed by atoms with Crippen molar-refractivity contribution in [3.05, 3.63) is 56.2 Å². The van der Waals surface area contributed by atoms with E-state index in [4.69, 9.17) is 4.98 Å². The van der Waals surface area contributed by atoms with Crippen LogP contribution in [0.15, 0.2) is 33.9 Å². The number of piperazine rings is 1. The molecule has 4 rings (SSSR count). The Morgan fingerprint density at radius 1 is 1.10 bits per heavy atom. The normalized spacial score (nSPS) is 15.3. The van der Waals surface area contributed by atoms with Crippen LogP contribution >= 0.6 is 0 Å². The van der Waals surface area contributed by atoms with Gasteiger partial charge in [-0.25, -0.2) is 4.79 Å². The van der Waals surface area contributed by atoms with E-state index in [0.717, 1.165) is 56.2 Å². The van der Waals surface area contributed by atoms with Gasteiger partial charge in [-0.15, -0.1) is 0 Å². The van der Waals surface area contributed by atoms with Crippen LogP contribution < -0.4 is 16.1 Å². The van der Waals surface area contributed by atoms with Crippen molar-refractivity contribution in [2.45, 2.75) is 26.8 Å². The highest BCUT2D eigenvalue weighted by molar-refractivity contribution is 5.74. The molecule has 0 spiro atoms. The quantitative estimate of drug-likeness (QED) is 0.704. The van der Waals surface area contributed by atoms with Gasteiger partial charge in [0.1, 0.15) is 0 Å². The first-order valence-corrected chi connectivity index (χ1v) is 10.2. The van der Waals surface area contributed by atoms with Gasteiger partial charge in [-0.1, -0.05) is 31.2 Å². The van der Waals surface area contributed by atoms with E-state index < -0.39 is 5.69 Å². The number of aromatic nitrogens is 4. The molecule has 0 atom stereocenters. The zero-order valence-corrected chi connectivity index (χ0v) is 17.3. The summed E-state index contributed by atoms with van der Waals surface area (Å²) in [5, 5.41) is 0. The van der Waals surface area contributed by atoms with Crippen molar-refractivity contribution in [1.29, 1.82) is 0 Å². The number of imidazole rings is 1. The summed E-state index contributed by atoms with van der Waals surface area (Å²) in [5.74, 6) is 0.756. The van der Waals surface area contributed by atoms with Crippen LogP contribution in [0.2, 0.25) is 0 Å². The van der Waals surface area contributed by atoms with E-state index in [9.17, 15) is 9.59 Å². The van der Waals surface area contributed by atoms with Crippen molar-refractivity contribution in [2.75, 3.05) is 37.6 Å². The zero-order valence-electron chi connectivity index (χ0n) is 17.3. The number of nitrogens with one attached hydrogen (secondary N) is 1. The van der Waals surface area contributed by atoms with Gasteiger partial charge >= 0.3 is 5.69 Å². The van der Waals surface area contributed by atoms with Crippen LogP contribution in [0.4, 0.5) is 5.95 Å². The molecule has 1 aliphatic heterocycles. The number of aromatic amines is 1. The Labute approximate surface area is 169 Å². The third kappa shape index (κ3) is 3.60. The van der Waals surface area contributed by atoms with Gasteiger partial charge in [0.2, 0.25) is 5.95 Å². The molecular weight excluding hydrogens is 368 g/mol. The lowest BCUT2D eigenvalue weighted by Gasteiger charge is -2.35. The minimum absolute atomic E-state index is 0.389. The van der Waals surface area contributed by atoms with Crippen LogP contribution in [0.25, 0.3) is 11.2 Å². The highest BCUT2D eigenvalue weighted by Crippen LogP contribution is 2.23. The lowest BCUT2D eigenvalue weighted by molar-refractivity contribution is 0.257. The number of nitrogens with zero attached hydrogens (tertiary/aromatic N) is 5. The Morgan fingerprint density at radius 2 is 1.83 bits per heavy atom. The predicted molar refractivity (Wildman–Crippen MR) is 115 cm³/mol. The number of hydrogen-bond acceptors (Lipinski definition) is 5. The SMILES string of the molecule is CCCN1CCN(c2nc3c(c(=O)[nH]c(=O)n3C)n2Cc2ccccc2C)CC1. The molecular formula is C21H28N6O2. The van der Waals surface area contributed by atoms with Gasteiger partial charge in [0.05, 0.1) is 6.54 Å². The molecule has 1 N–H and O–H groups in total. The van der Waals surface area contributed by atoms with Crippen LogP contribution in [-0.4, -0.2) is 56.7 Å². The van der Waals surface area contributed by atoms with Crippen LogP contribution in [0, 0.1) is 6.92 Å². The van der Waals surface area contributed by atoms with Crippen molar-refractivity contribution >= 4 is 17.1 Å². The van der Waals surface area contributed by atoms with Gasteiger partial charge in [-0.05, 0) is 31.0 Å². The molecule has 29 heavy (non-hydrogen) atoms. The van der Waals surface area contributed by atoms with Gasteiger partial charge in [-0.3, -0.25) is 23.8 Å². The molecule has 3 heterocycles. The molecule has 0 saturated carbocycles. The minimum Gasteiger partial charge on any atom is -0.340 e. The van der Waals surface area contributed by atoms with Gasteiger partial charge in [0.25, 0.3) is 5.56 Å². The first kappa shape index (κ1) is 19.4. The van der Waals surface area contributed by atoms with E-state index in [2.05, 4.69) is 40.8 Å². The summed E-state index contributed by atoms with van der Waals surface area (Å²) >= 11 is 0. The molecule has 0 aliphatic carbocycles. The standard InChI is InChI=1S/C21H28N6O2/c1-4-9-25-10-12-26(13-11-25)20-22-18-17(19(28)23-21(29)24(18)3)27(20)14-16-8-6-5-7-15(16)2/h5-8H,4,9-14H2,1-3H3,(H,23,28,29). The number of fused-ring (bicyclic) bond motifs is 1. The van der Waals surface area contributed by atoms with Crippen LogP contribution in [0.3, 0.4) is 0 Å². The van der Waals surface area contributed by atoms with Crippen molar-refractivity contribution in [3.8, 4) is 0 Å². The van der Waals surface area contributed by atoms with E-state index >= 15 is 0 Å². The molecule has 0 amide bonds. The van der Waals surface area contributed by atoms with Crippen molar-refractivity contribution in [1.82, 2.24) is 24.0 Å². The third-order valence-electron chi connectivity index (χ3n) is 5.77. The molecule has 3 aromatic rings. The van der Waals surface area contributed by atoms with E-state index in [1.165, 1.54) is 4.57 Å². The summed E-state index contributed by atoms with van der Waals surface area (Å²) in [6.07, 6.45) is 1.14. The number of aryl methyl sites for hydroxylation is 2. The third-order valence-corrected chi connectivity index (χ3v) is 5.77. The van der Waals surface area contributed by atoms with Crippen molar-refractivity contribution in [3.63, 3.8) is 0 Å². The summed E-state index contributed by atoms with van der Waals surface area (Å²) in [7, 11) is 1.65. The molecule has 1 saturated heterocycles. The molecule has 8 nitrogen and oxygen atoms in total. The summed E-state index contributed by atoms with van der Waals surface area (Å²) in [4.78, 5) is 36.7. The van der Waals surface area contributed by atoms with Gasteiger partial charge in [-0.2, -0.15) is 4.98 Å². The maximum absolute atomic E-state index is 12.7. The monoisotopic (exact) mass is 396 g/mol. The molecule has 1 aliphatic rings. The van der Waals surface area contributed by atoms with E-state index in [-0.39, 0.29) is 5.56 Å². The van der Waals surface area contributed by atoms with Crippen molar-refractivity contribution < 1.29 is 0 Å². The van der Waals surface area contributed by atoms with E-state index in [1.54, 1.807) is 7.05 Å². The molecule has 1 fully saturated rings. The Hall–Kier alpha value is -2.87. The number of anilines is 1. The molecule has 0 bridgehead atoms. The smallest absolute Gasteiger partial charge is 0.329 e. The topological polar surface area (TPSA) is 79.2 Å². The number of rotatable bonds is 5. The molecule has 154 valence electrons. The second-order valence-electron chi connectivity index (χ2n) is 7.74. The average Bonchev–Trinajstić information content (AvgIpc) is 3.09. The van der Waals surface area contributed by atoms with Gasteiger partial charge in [0.15, 0.2) is 11.2 Å². The highest BCUT2D eigenvalue weighted by Gasteiger charge is 2.25. The highest BCUT2D eigenvalue weighted by atomic mass is 16.2. The first-order chi connectivity index (χ1) is 14.0. The maximum Gasteiger partial charge on any atom is 0.329 e. The molecule has 8 heteroatoms. The fourth-order valence-corrected chi connectivity index (χ4v) is 4.06. The second kappa shape index (κ2) is 7.87. The molecule has 1 aromatic carbocycles. The summed E-state index contributed by atoms with van der Waals surface area (Å²) in [5.41, 5.74) is 2.34. The summed E-state index contributed by atoms with van der Waals surface area (Å²) < 4.78 is 3.38. The van der Waals surface area contributed by atoms with Crippen molar-refractivity contribution in [2.24, 2.45) is 7.05 Å². The Bertz CT molecular complexity index is 1130. The second-order valence-corrected chi connectivity index (χ2v) is 7.74. The first-order valence-electron chi connectivity index (χ1n) is 10.2. The molecule has 2 aromatic heterocycles. The van der Waals surface area contributed by atoms with Gasteiger partial charge in [0, 0.05) is 33.2 Å². The zero-order chi connectivity index (χ0) is 20.5. The minimum atomic E-state index is -0.442. The largest absolute Gasteiger partial charge is 0.340 e. The summed E-state index contributed by atoms with van der Waals surface area (Å²) in [6, 6.07) is 8.15. The van der Waals surface area contributed by atoms with Crippen LogP contribution in [0.1, 0.15) is 24.5 Å². The molecule has 0 radical (unpaired) electrons.